The molecule has 2 aromatic rings. The predicted octanol–water partition coefficient (Wildman–Crippen LogP) is 1.88. The molecule has 1 atom stereocenters. The summed E-state index contributed by atoms with van der Waals surface area (Å²) in [5, 5.41) is 5.45. The Morgan fingerprint density at radius 1 is 1.18 bits per heavy atom. The van der Waals surface area contributed by atoms with Gasteiger partial charge in [0.1, 0.15) is 0 Å². The van der Waals surface area contributed by atoms with Gasteiger partial charge in [-0.15, -0.1) is 11.8 Å². The lowest BCUT2D eigenvalue weighted by molar-refractivity contribution is -0.136. The molecule has 1 aliphatic heterocycles. The van der Waals surface area contributed by atoms with E-state index in [2.05, 4.69) is 15.5 Å². The molecular formula is C20H26N4O3S. The van der Waals surface area contributed by atoms with Gasteiger partial charge in [-0.05, 0) is 36.6 Å². The molecule has 3 rings (SSSR count). The molecule has 28 heavy (non-hydrogen) atoms. The Balaban J connectivity index is 1.62. The molecule has 0 radical (unpaired) electrons. The monoisotopic (exact) mass is 402 g/mol. The first-order valence-corrected chi connectivity index (χ1v) is 10.5. The summed E-state index contributed by atoms with van der Waals surface area (Å²) in [7, 11) is 1.98. The Bertz CT molecular complexity index is 817. The number of amides is 2. The zero-order valence-corrected chi connectivity index (χ0v) is 17.0. The van der Waals surface area contributed by atoms with Gasteiger partial charge in [-0.25, -0.2) is 0 Å². The second-order valence-electron chi connectivity index (χ2n) is 6.60. The number of aryl methyl sites for hydroxylation is 1. The largest absolute Gasteiger partial charge is 0.379 e. The van der Waals surface area contributed by atoms with Crippen molar-refractivity contribution in [1.29, 1.82) is 0 Å². The fourth-order valence-electron chi connectivity index (χ4n) is 3.29. The van der Waals surface area contributed by atoms with E-state index >= 15 is 0 Å². The van der Waals surface area contributed by atoms with Crippen LogP contribution in [-0.2, 0) is 21.4 Å². The lowest BCUT2D eigenvalue weighted by Crippen LogP contribution is -2.46. The lowest BCUT2D eigenvalue weighted by atomic mass is 10.1. The maximum atomic E-state index is 12.4. The second-order valence-corrected chi connectivity index (χ2v) is 7.48. The highest BCUT2D eigenvalue weighted by Crippen LogP contribution is 2.22. The van der Waals surface area contributed by atoms with Crippen molar-refractivity contribution in [3.8, 4) is 0 Å². The van der Waals surface area contributed by atoms with Crippen molar-refractivity contribution < 1.29 is 14.3 Å². The van der Waals surface area contributed by atoms with Crippen LogP contribution in [0.3, 0.4) is 0 Å². The van der Waals surface area contributed by atoms with Crippen molar-refractivity contribution in [1.82, 2.24) is 14.8 Å². The summed E-state index contributed by atoms with van der Waals surface area (Å²) in [5.74, 6) is -1.30. The normalized spacial score (nSPS) is 15.8. The van der Waals surface area contributed by atoms with Crippen LogP contribution in [0, 0.1) is 0 Å². The third-order valence-corrected chi connectivity index (χ3v) is 5.53. The summed E-state index contributed by atoms with van der Waals surface area (Å²) in [5.41, 5.74) is 1.70. The van der Waals surface area contributed by atoms with E-state index in [1.807, 2.05) is 54.4 Å². The van der Waals surface area contributed by atoms with Crippen molar-refractivity contribution >= 4 is 29.3 Å². The number of nitrogens with one attached hydrogen (secondary N) is 2. The highest BCUT2D eigenvalue weighted by atomic mass is 32.2. The number of benzene rings is 1. The number of hydrogen-bond acceptors (Lipinski definition) is 5. The first-order valence-electron chi connectivity index (χ1n) is 9.24. The van der Waals surface area contributed by atoms with Gasteiger partial charge in [0, 0.05) is 49.2 Å². The second kappa shape index (κ2) is 9.77. The molecule has 1 fully saturated rings. The standard InChI is InChI=1S/C20H26N4O3S/c1-23-8-4-7-17(23)18(24-9-11-27-12-10-24)14-21-19(25)20(26)22-15-5-3-6-16(13-15)28-2/h3-8,13,18H,9-12,14H2,1-2H3,(H,21,25)(H,22,26). The van der Waals surface area contributed by atoms with Gasteiger partial charge in [0.2, 0.25) is 0 Å². The molecule has 8 heteroatoms. The number of rotatable bonds is 6. The van der Waals surface area contributed by atoms with E-state index in [0.717, 1.165) is 23.7 Å². The maximum absolute atomic E-state index is 12.4. The molecule has 1 aromatic carbocycles. The van der Waals surface area contributed by atoms with Gasteiger partial charge in [-0.1, -0.05) is 6.07 Å². The molecule has 1 unspecified atom stereocenters. The summed E-state index contributed by atoms with van der Waals surface area (Å²) in [4.78, 5) is 28.0. The first-order chi connectivity index (χ1) is 13.6. The van der Waals surface area contributed by atoms with Gasteiger partial charge in [0.25, 0.3) is 0 Å². The minimum Gasteiger partial charge on any atom is -0.379 e. The van der Waals surface area contributed by atoms with E-state index in [4.69, 9.17) is 4.74 Å². The van der Waals surface area contributed by atoms with Crippen LogP contribution in [-0.4, -0.2) is 60.4 Å². The zero-order chi connectivity index (χ0) is 19.9. The van der Waals surface area contributed by atoms with E-state index in [1.54, 1.807) is 17.8 Å². The van der Waals surface area contributed by atoms with Gasteiger partial charge >= 0.3 is 11.8 Å². The van der Waals surface area contributed by atoms with Gasteiger partial charge < -0.3 is 19.9 Å². The SMILES string of the molecule is CSc1cccc(NC(=O)C(=O)NCC(c2cccn2C)N2CCOCC2)c1. The number of morpholine rings is 1. The summed E-state index contributed by atoms with van der Waals surface area (Å²) in [6.45, 7) is 3.27. The average molecular weight is 403 g/mol. The van der Waals surface area contributed by atoms with Gasteiger partial charge in [-0.2, -0.15) is 0 Å². The number of hydrogen-bond donors (Lipinski definition) is 2. The van der Waals surface area contributed by atoms with Crippen molar-refractivity contribution in [3.05, 3.63) is 48.3 Å². The Morgan fingerprint density at radius 3 is 2.64 bits per heavy atom. The molecule has 0 spiro atoms. The van der Waals surface area contributed by atoms with Crippen LogP contribution >= 0.6 is 11.8 Å². The third-order valence-electron chi connectivity index (χ3n) is 4.80. The van der Waals surface area contributed by atoms with E-state index in [-0.39, 0.29) is 6.04 Å². The van der Waals surface area contributed by atoms with E-state index in [9.17, 15) is 9.59 Å². The molecule has 150 valence electrons. The Morgan fingerprint density at radius 2 is 1.96 bits per heavy atom. The van der Waals surface area contributed by atoms with Crippen LogP contribution in [0.5, 0.6) is 0 Å². The Kier molecular flexibility index (Phi) is 7.13. The predicted molar refractivity (Wildman–Crippen MR) is 110 cm³/mol. The van der Waals surface area contributed by atoms with E-state index in [0.29, 0.717) is 25.4 Å². The number of thioether (sulfide) groups is 1. The molecule has 0 saturated carbocycles. The van der Waals surface area contributed by atoms with Gasteiger partial charge in [-0.3, -0.25) is 14.5 Å². The summed E-state index contributed by atoms with van der Waals surface area (Å²) < 4.78 is 7.49. The number of anilines is 1. The molecule has 0 aliphatic carbocycles. The minimum atomic E-state index is -0.661. The molecule has 7 nitrogen and oxygen atoms in total. The van der Waals surface area contributed by atoms with Crippen LogP contribution in [0.4, 0.5) is 5.69 Å². The van der Waals surface area contributed by atoms with Crippen LogP contribution < -0.4 is 10.6 Å². The number of nitrogens with zero attached hydrogens (tertiary/aromatic N) is 2. The van der Waals surface area contributed by atoms with Crippen LogP contribution in [0.25, 0.3) is 0 Å². The molecule has 2 amide bonds. The molecule has 0 bridgehead atoms. The topological polar surface area (TPSA) is 75.6 Å². The van der Waals surface area contributed by atoms with Crippen LogP contribution in [0.2, 0.25) is 0 Å². The van der Waals surface area contributed by atoms with Gasteiger partial charge in [0.15, 0.2) is 0 Å². The maximum Gasteiger partial charge on any atom is 0.313 e. The smallest absolute Gasteiger partial charge is 0.313 e. The molecular weight excluding hydrogens is 376 g/mol. The number of ether oxygens (including phenoxy) is 1. The number of aromatic nitrogens is 1. The molecule has 1 aliphatic rings. The summed E-state index contributed by atoms with van der Waals surface area (Å²) in [6.07, 6.45) is 3.94. The summed E-state index contributed by atoms with van der Waals surface area (Å²) >= 11 is 1.58. The molecule has 1 saturated heterocycles. The highest BCUT2D eigenvalue weighted by Gasteiger charge is 2.26. The zero-order valence-electron chi connectivity index (χ0n) is 16.2. The summed E-state index contributed by atoms with van der Waals surface area (Å²) in [6, 6.07) is 11.4. The first kappa shape index (κ1) is 20.4. The number of carbonyl (C=O) groups excluding carboxylic acids is 2. The minimum absolute atomic E-state index is 0.0135. The quantitative estimate of drug-likeness (QED) is 0.570. The van der Waals surface area contributed by atoms with Crippen LogP contribution in [0.15, 0.2) is 47.5 Å². The third kappa shape index (κ3) is 5.15. The van der Waals surface area contributed by atoms with Gasteiger partial charge in [0.05, 0.1) is 19.3 Å². The van der Waals surface area contributed by atoms with Crippen molar-refractivity contribution in [2.75, 3.05) is 44.4 Å². The Labute approximate surface area is 169 Å². The molecule has 1 aromatic heterocycles. The fourth-order valence-corrected chi connectivity index (χ4v) is 3.75. The average Bonchev–Trinajstić information content (AvgIpc) is 3.14. The van der Waals surface area contributed by atoms with Crippen LogP contribution in [0.1, 0.15) is 11.7 Å². The molecule has 2 N–H and O–H groups in total. The van der Waals surface area contributed by atoms with Crippen molar-refractivity contribution in [3.63, 3.8) is 0 Å². The highest BCUT2D eigenvalue weighted by molar-refractivity contribution is 7.98. The number of carbonyl (C=O) groups is 2. The lowest BCUT2D eigenvalue weighted by Gasteiger charge is -2.34. The van der Waals surface area contributed by atoms with Crippen molar-refractivity contribution in [2.24, 2.45) is 7.05 Å². The van der Waals surface area contributed by atoms with E-state index < -0.39 is 11.8 Å². The van der Waals surface area contributed by atoms with E-state index in [1.165, 1.54) is 0 Å². The fraction of sp³-hybridized carbons (Fsp3) is 0.400. The van der Waals surface area contributed by atoms with Crippen molar-refractivity contribution in [2.45, 2.75) is 10.9 Å². The molecule has 2 heterocycles. The Hall–Kier alpha value is -2.29.